The maximum Gasteiger partial charge on any atom is 0.0954 e. The molecule has 0 saturated heterocycles. The zero-order valence-electron chi connectivity index (χ0n) is 10.6. The minimum absolute atomic E-state index is 0.0189. The van der Waals surface area contributed by atoms with Gasteiger partial charge in [-0.15, -0.1) is 11.3 Å². The molecule has 0 aliphatic rings. The van der Waals surface area contributed by atoms with Crippen LogP contribution in [0.3, 0.4) is 0 Å². The molecule has 0 saturated carbocycles. The van der Waals surface area contributed by atoms with Crippen LogP contribution < -0.4 is 5.73 Å². The van der Waals surface area contributed by atoms with E-state index in [0.29, 0.717) is 6.54 Å². The average Bonchev–Trinajstić information content (AvgIpc) is 2.76. The minimum Gasteiger partial charge on any atom is -0.381 e. The summed E-state index contributed by atoms with van der Waals surface area (Å²) in [6, 6.07) is 0. The molecule has 1 aromatic rings. The first-order valence-corrected chi connectivity index (χ1v) is 6.61. The second kappa shape index (κ2) is 5.75. The van der Waals surface area contributed by atoms with Gasteiger partial charge >= 0.3 is 0 Å². The number of ether oxygens (including phenoxy) is 1. The molecule has 0 radical (unpaired) electrons. The average molecular weight is 242 g/mol. The number of hydrogen-bond donors (Lipinski definition) is 1. The molecule has 1 rings (SSSR count). The first-order valence-electron chi connectivity index (χ1n) is 5.73. The molecule has 0 aliphatic carbocycles. The van der Waals surface area contributed by atoms with E-state index < -0.39 is 0 Å². The van der Waals surface area contributed by atoms with Crippen LogP contribution in [0.15, 0.2) is 5.38 Å². The Morgan fingerprint density at radius 2 is 2.31 bits per heavy atom. The van der Waals surface area contributed by atoms with Gasteiger partial charge in [0.15, 0.2) is 0 Å². The van der Waals surface area contributed by atoms with E-state index in [1.807, 2.05) is 0 Å². The Bertz CT molecular complexity index is 321. The maximum absolute atomic E-state index is 5.83. The largest absolute Gasteiger partial charge is 0.381 e. The van der Waals surface area contributed by atoms with Crippen molar-refractivity contribution in [1.82, 2.24) is 4.98 Å². The highest BCUT2D eigenvalue weighted by Crippen LogP contribution is 2.27. The summed E-state index contributed by atoms with van der Waals surface area (Å²) in [5.41, 5.74) is 6.97. The smallest absolute Gasteiger partial charge is 0.0954 e. The highest BCUT2D eigenvalue weighted by Gasteiger charge is 2.25. The van der Waals surface area contributed by atoms with Crippen LogP contribution in [-0.2, 0) is 16.6 Å². The second-order valence-electron chi connectivity index (χ2n) is 4.50. The Morgan fingerprint density at radius 1 is 1.62 bits per heavy atom. The number of hydrogen-bond acceptors (Lipinski definition) is 4. The van der Waals surface area contributed by atoms with Crippen molar-refractivity contribution in [2.75, 3.05) is 13.7 Å². The normalized spacial score (nSPS) is 17.1. The van der Waals surface area contributed by atoms with E-state index in [2.05, 4.69) is 31.1 Å². The standard InChI is InChI=1S/C12H22N2OS/c1-5-12(3,8-13)10-7-16-11(14-10)6-9(2)15-4/h7,9H,5-6,8,13H2,1-4H3. The lowest BCUT2D eigenvalue weighted by atomic mass is 9.85. The zero-order valence-corrected chi connectivity index (χ0v) is 11.4. The van der Waals surface area contributed by atoms with Crippen molar-refractivity contribution < 1.29 is 4.74 Å². The number of rotatable bonds is 6. The van der Waals surface area contributed by atoms with E-state index in [9.17, 15) is 0 Å². The van der Waals surface area contributed by atoms with Gasteiger partial charge in [0.05, 0.1) is 16.8 Å². The van der Waals surface area contributed by atoms with Crippen LogP contribution in [0, 0.1) is 0 Å². The van der Waals surface area contributed by atoms with Crippen molar-refractivity contribution in [3.63, 3.8) is 0 Å². The Morgan fingerprint density at radius 3 is 2.81 bits per heavy atom. The summed E-state index contributed by atoms with van der Waals surface area (Å²) in [4.78, 5) is 4.67. The van der Waals surface area contributed by atoms with Gasteiger partial charge in [-0.05, 0) is 13.3 Å². The molecule has 0 spiro atoms. The first-order chi connectivity index (χ1) is 7.55. The Hall–Kier alpha value is -0.450. The second-order valence-corrected chi connectivity index (χ2v) is 5.44. The zero-order chi connectivity index (χ0) is 12.2. The number of aromatic nitrogens is 1. The fourth-order valence-electron chi connectivity index (χ4n) is 1.44. The molecule has 1 heterocycles. The van der Waals surface area contributed by atoms with Gasteiger partial charge in [0.25, 0.3) is 0 Å². The number of methoxy groups -OCH3 is 1. The van der Waals surface area contributed by atoms with Crippen LogP contribution in [0.4, 0.5) is 0 Å². The summed E-state index contributed by atoms with van der Waals surface area (Å²) >= 11 is 1.70. The molecule has 4 heteroatoms. The fraction of sp³-hybridized carbons (Fsp3) is 0.750. The van der Waals surface area contributed by atoms with E-state index in [-0.39, 0.29) is 11.5 Å². The summed E-state index contributed by atoms with van der Waals surface area (Å²) in [5, 5.41) is 3.27. The Balaban J connectivity index is 2.78. The fourth-order valence-corrected chi connectivity index (χ4v) is 2.51. The van der Waals surface area contributed by atoms with E-state index in [1.165, 1.54) is 0 Å². The van der Waals surface area contributed by atoms with Gasteiger partial charge in [0.2, 0.25) is 0 Å². The molecule has 2 N–H and O–H groups in total. The molecule has 0 aromatic carbocycles. The van der Waals surface area contributed by atoms with E-state index in [1.54, 1.807) is 18.4 Å². The van der Waals surface area contributed by atoms with Gasteiger partial charge in [-0.1, -0.05) is 13.8 Å². The van der Waals surface area contributed by atoms with Crippen molar-refractivity contribution in [1.29, 1.82) is 0 Å². The van der Waals surface area contributed by atoms with Crippen molar-refractivity contribution in [3.05, 3.63) is 16.1 Å². The van der Waals surface area contributed by atoms with E-state index in [0.717, 1.165) is 23.5 Å². The topological polar surface area (TPSA) is 48.1 Å². The number of nitrogens with two attached hydrogens (primary N) is 1. The summed E-state index contributed by atoms with van der Waals surface area (Å²) in [5.74, 6) is 0. The summed E-state index contributed by atoms with van der Waals surface area (Å²) in [7, 11) is 1.73. The van der Waals surface area contributed by atoms with Crippen molar-refractivity contribution >= 4 is 11.3 Å². The van der Waals surface area contributed by atoms with E-state index in [4.69, 9.17) is 10.5 Å². The van der Waals surface area contributed by atoms with Crippen LogP contribution in [0.25, 0.3) is 0 Å². The lowest BCUT2D eigenvalue weighted by molar-refractivity contribution is 0.118. The van der Waals surface area contributed by atoms with Gasteiger partial charge < -0.3 is 10.5 Å². The molecule has 0 amide bonds. The molecule has 92 valence electrons. The van der Waals surface area contributed by atoms with Crippen molar-refractivity contribution in [2.45, 2.75) is 45.1 Å². The highest BCUT2D eigenvalue weighted by molar-refractivity contribution is 7.09. The molecular formula is C12H22N2OS. The predicted octanol–water partition coefficient (Wildman–Crippen LogP) is 2.35. The molecule has 0 bridgehead atoms. The van der Waals surface area contributed by atoms with Crippen molar-refractivity contribution in [3.8, 4) is 0 Å². The third kappa shape index (κ3) is 3.03. The van der Waals surface area contributed by atoms with Gasteiger partial charge in [-0.25, -0.2) is 4.98 Å². The first kappa shape index (κ1) is 13.6. The third-order valence-electron chi connectivity index (χ3n) is 3.27. The molecule has 2 unspecified atom stereocenters. The molecule has 2 atom stereocenters. The van der Waals surface area contributed by atoms with Crippen LogP contribution in [0.5, 0.6) is 0 Å². The highest BCUT2D eigenvalue weighted by atomic mass is 32.1. The summed E-state index contributed by atoms with van der Waals surface area (Å²) in [6.45, 7) is 7.03. The molecule has 3 nitrogen and oxygen atoms in total. The minimum atomic E-state index is 0.0189. The lowest BCUT2D eigenvalue weighted by Gasteiger charge is -2.23. The summed E-state index contributed by atoms with van der Waals surface area (Å²) < 4.78 is 5.24. The monoisotopic (exact) mass is 242 g/mol. The maximum atomic E-state index is 5.83. The lowest BCUT2D eigenvalue weighted by Crippen LogP contribution is -2.31. The van der Waals surface area contributed by atoms with Gasteiger partial charge in [0.1, 0.15) is 0 Å². The molecule has 1 aromatic heterocycles. The van der Waals surface area contributed by atoms with Crippen molar-refractivity contribution in [2.24, 2.45) is 5.73 Å². The Kier molecular flexibility index (Phi) is 4.89. The Labute approximate surface area is 102 Å². The van der Waals surface area contributed by atoms with Gasteiger partial charge in [0, 0.05) is 30.9 Å². The molecule has 16 heavy (non-hydrogen) atoms. The van der Waals surface area contributed by atoms with Crippen LogP contribution in [0.1, 0.15) is 37.9 Å². The number of thiazole rings is 1. The van der Waals surface area contributed by atoms with Gasteiger partial charge in [-0.2, -0.15) is 0 Å². The van der Waals surface area contributed by atoms with E-state index >= 15 is 0 Å². The quantitative estimate of drug-likeness (QED) is 0.833. The van der Waals surface area contributed by atoms with Crippen LogP contribution >= 0.6 is 11.3 Å². The molecule has 0 fully saturated rings. The van der Waals surface area contributed by atoms with Gasteiger partial charge in [-0.3, -0.25) is 0 Å². The van der Waals surface area contributed by atoms with Crippen LogP contribution in [0.2, 0.25) is 0 Å². The predicted molar refractivity (Wildman–Crippen MR) is 69.0 cm³/mol. The molecular weight excluding hydrogens is 220 g/mol. The van der Waals surface area contributed by atoms with Crippen LogP contribution in [-0.4, -0.2) is 24.7 Å². The summed E-state index contributed by atoms with van der Waals surface area (Å²) in [6.07, 6.45) is 2.13. The SMILES string of the molecule is CCC(C)(CN)c1csc(CC(C)OC)n1. The molecule has 0 aliphatic heterocycles. The number of nitrogens with zero attached hydrogens (tertiary/aromatic N) is 1. The third-order valence-corrected chi connectivity index (χ3v) is 4.14.